The first-order valence-corrected chi connectivity index (χ1v) is 7.61. The van der Waals surface area contributed by atoms with Gasteiger partial charge in [-0.3, -0.25) is 4.90 Å². The third-order valence-corrected chi connectivity index (χ3v) is 3.91. The van der Waals surface area contributed by atoms with Gasteiger partial charge in [0.2, 0.25) is 0 Å². The molecule has 0 spiro atoms. The molecule has 0 radical (unpaired) electrons. The van der Waals surface area contributed by atoms with Crippen LogP contribution >= 0.6 is 0 Å². The summed E-state index contributed by atoms with van der Waals surface area (Å²) in [7, 11) is 1.36. The van der Waals surface area contributed by atoms with Crippen molar-refractivity contribution in [3.05, 3.63) is 35.4 Å². The lowest BCUT2D eigenvalue weighted by Gasteiger charge is -2.35. The molecule has 22 heavy (non-hydrogen) atoms. The molecule has 1 aliphatic heterocycles. The van der Waals surface area contributed by atoms with Crippen LogP contribution in [0.15, 0.2) is 24.3 Å². The van der Waals surface area contributed by atoms with Crippen LogP contribution in [0.5, 0.6) is 0 Å². The summed E-state index contributed by atoms with van der Waals surface area (Å²) >= 11 is 0. The Bertz CT molecular complexity index is 536. The van der Waals surface area contributed by atoms with E-state index in [0.717, 1.165) is 31.5 Å². The van der Waals surface area contributed by atoms with Gasteiger partial charge in [0.25, 0.3) is 0 Å². The molecule has 1 aromatic rings. The van der Waals surface area contributed by atoms with E-state index in [2.05, 4.69) is 22.6 Å². The van der Waals surface area contributed by atoms with Gasteiger partial charge in [-0.15, -0.1) is 0 Å². The first-order valence-electron chi connectivity index (χ1n) is 7.61. The molecule has 1 saturated heterocycles. The fourth-order valence-corrected chi connectivity index (χ4v) is 2.63. The van der Waals surface area contributed by atoms with Crippen molar-refractivity contribution in [2.75, 3.05) is 26.9 Å². The lowest BCUT2D eigenvalue weighted by atomic mass is 9.94. The number of benzene rings is 1. The molecule has 1 heterocycles. The van der Waals surface area contributed by atoms with Crippen molar-refractivity contribution in [1.29, 1.82) is 5.26 Å². The smallest absolute Gasteiger partial charge is 0.337 e. The average Bonchev–Trinajstić information content (AvgIpc) is 2.59. The number of carbonyl (C=O) groups is 1. The second-order valence-electron chi connectivity index (χ2n) is 5.50. The van der Waals surface area contributed by atoms with Gasteiger partial charge in [0.15, 0.2) is 0 Å². The van der Waals surface area contributed by atoms with Crippen molar-refractivity contribution < 1.29 is 14.3 Å². The van der Waals surface area contributed by atoms with E-state index < -0.39 is 0 Å². The van der Waals surface area contributed by atoms with Gasteiger partial charge in [0.1, 0.15) is 6.10 Å². The third-order valence-electron chi connectivity index (χ3n) is 3.91. The highest BCUT2D eigenvalue weighted by Gasteiger charge is 2.31. The Morgan fingerprint density at radius 3 is 2.77 bits per heavy atom. The number of unbranched alkanes of at least 4 members (excludes halogenated alkanes) is 1. The lowest BCUT2D eigenvalue weighted by molar-refractivity contribution is -0.0912. The van der Waals surface area contributed by atoms with Crippen LogP contribution in [0.1, 0.15) is 41.8 Å². The molecule has 5 heteroatoms. The van der Waals surface area contributed by atoms with Gasteiger partial charge >= 0.3 is 5.97 Å². The summed E-state index contributed by atoms with van der Waals surface area (Å²) in [5.74, 6) is -0.562. The molecule has 2 atom stereocenters. The van der Waals surface area contributed by atoms with Crippen LogP contribution in [0.4, 0.5) is 0 Å². The van der Waals surface area contributed by atoms with Crippen molar-refractivity contribution in [2.45, 2.75) is 25.9 Å². The summed E-state index contributed by atoms with van der Waals surface area (Å²) in [5.41, 5.74) is 1.43. The highest BCUT2D eigenvalue weighted by molar-refractivity contribution is 5.89. The zero-order valence-corrected chi connectivity index (χ0v) is 13.1. The van der Waals surface area contributed by atoms with Crippen LogP contribution in [-0.2, 0) is 9.47 Å². The van der Waals surface area contributed by atoms with E-state index in [1.165, 1.54) is 7.11 Å². The number of rotatable bonds is 5. The molecule has 0 aromatic heterocycles. The maximum Gasteiger partial charge on any atom is 0.337 e. The van der Waals surface area contributed by atoms with Gasteiger partial charge in [-0.05, 0) is 24.1 Å². The van der Waals surface area contributed by atoms with E-state index in [1.807, 2.05) is 12.1 Å². The number of hydrogen-bond donors (Lipinski definition) is 0. The van der Waals surface area contributed by atoms with Crippen molar-refractivity contribution in [3.8, 4) is 6.07 Å². The first-order chi connectivity index (χ1) is 10.7. The molecular weight excluding hydrogens is 280 g/mol. The molecule has 118 valence electrons. The Morgan fingerprint density at radius 1 is 1.45 bits per heavy atom. The predicted molar refractivity (Wildman–Crippen MR) is 82.1 cm³/mol. The van der Waals surface area contributed by atoms with Crippen LogP contribution in [0.2, 0.25) is 0 Å². The summed E-state index contributed by atoms with van der Waals surface area (Å²) < 4.78 is 10.6. The zero-order chi connectivity index (χ0) is 15.9. The lowest BCUT2D eigenvalue weighted by Crippen LogP contribution is -2.41. The number of esters is 1. The maximum absolute atomic E-state index is 11.5. The second kappa shape index (κ2) is 7.92. The number of nitrogens with zero attached hydrogens (tertiary/aromatic N) is 2. The topological polar surface area (TPSA) is 62.6 Å². The summed E-state index contributed by atoms with van der Waals surface area (Å²) in [6.45, 7) is 4.38. The monoisotopic (exact) mass is 302 g/mol. The first kappa shape index (κ1) is 16.5. The molecule has 1 fully saturated rings. The van der Waals surface area contributed by atoms with E-state index in [4.69, 9.17) is 4.74 Å². The maximum atomic E-state index is 11.5. The van der Waals surface area contributed by atoms with Crippen LogP contribution < -0.4 is 0 Å². The Balaban J connectivity index is 2.05. The van der Waals surface area contributed by atoms with Gasteiger partial charge in [0, 0.05) is 13.1 Å². The Labute approximate surface area is 131 Å². The number of carbonyl (C=O) groups excluding carboxylic acids is 1. The van der Waals surface area contributed by atoms with E-state index in [1.54, 1.807) is 12.1 Å². The number of nitriles is 1. The average molecular weight is 302 g/mol. The van der Waals surface area contributed by atoms with E-state index >= 15 is 0 Å². The van der Waals surface area contributed by atoms with Gasteiger partial charge < -0.3 is 9.47 Å². The normalized spacial score (nSPS) is 22.0. The molecule has 1 aliphatic rings. The molecule has 2 rings (SSSR count). The van der Waals surface area contributed by atoms with Crippen molar-refractivity contribution in [2.24, 2.45) is 5.92 Å². The highest BCUT2D eigenvalue weighted by atomic mass is 16.5. The van der Waals surface area contributed by atoms with Gasteiger partial charge in [-0.1, -0.05) is 25.5 Å². The minimum atomic E-state index is -0.362. The van der Waals surface area contributed by atoms with Gasteiger partial charge in [-0.25, -0.2) is 4.79 Å². The van der Waals surface area contributed by atoms with E-state index in [0.29, 0.717) is 12.3 Å². The molecule has 5 nitrogen and oxygen atoms in total. The Hall–Kier alpha value is -1.90. The standard InChI is InChI=1S/C17H22N2O3/c1-3-4-9-19-11-15(10-18)16(22-12-19)13-5-7-14(8-6-13)17(20)21-2/h5-8,15-16H,3-4,9,11-12H2,1-2H3/t15-,16-/m1/s1. The fourth-order valence-electron chi connectivity index (χ4n) is 2.63. The molecule has 0 amide bonds. The second-order valence-corrected chi connectivity index (χ2v) is 5.50. The molecule has 0 unspecified atom stereocenters. The van der Waals surface area contributed by atoms with Gasteiger partial charge in [0.05, 0.1) is 31.4 Å². The largest absolute Gasteiger partial charge is 0.465 e. The molecule has 0 aliphatic carbocycles. The van der Waals surface area contributed by atoms with Crippen LogP contribution in [-0.4, -0.2) is 37.8 Å². The molecule has 1 aromatic carbocycles. The fraction of sp³-hybridized carbons (Fsp3) is 0.529. The highest BCUT2D eigenvalue weighted by Crippen LogP contribution is 2.30. The number of ether oxygens (including phenoxy) is 2. The van der Waals surface area contributed by atoms with Crippen molar-refractivity contribution >= 4 is 5.97 Å². The Kier molecular flexibility index (Phi) is 5.93. The molecule has 0 bridgehead atoms. The van der Waals surface area contributed by atoms with Crippen LogP contribution in [0.25, 0.3) is 0 Å². The number of methoxy groups -OCH3 is 1. The minimum absolute atomic E-state index is 0.199. The zero-order valence-electron chi connectivity index (χ0n) is 13.1. The van der Waals surface area contributed by atoms with Crippen molar-refractivity contribution in [1.82, 2.24) is 4.90 Å². The van der Waals surface area contributed by atoms with E-state index in [9.17, 15) is 10.1 Å². The van der Waals surface area contributed by atoms with Crippen molar-refractivity contribution in [3.63, 3.8) is 0 Å². The number of hydrogen-bond acceptors (Lipinski definition) is 5. The SMILES string of the molecule is CCCCN1CO[C@H](c2ccc(C(=O)OC)cc2)[C@H](C#N)C1. The Morgan fingerprint density at radius 2 is 2.18 bits per heavy atom. The van der Waals surface area contributed by atoms with Gasteiger partial charge in [-0.2, -0.15) is 5.26 Å². The van der Waals surface area contributed by atoms with Crippen LogP contribution in [0.3, 0.4) is 0 Å². The minimum Gasteiger partial charge on any atom is -0.465 e. The summed E-state index contributed by atoms with van der Waals surface area (Å²) in [6, 6.07) is 9.44. The summed E-state index contributed by atoms with van der Waals surface area (Å²) in [6.07, 6.45) is 2.00. The molecule has 0 N–H and O–H groups in total. The quantitative estimate of drug-likeness (QED) is 0.783. The van der Waals surface area contributed by atoms with Crippen LogP contribution in [0, 0.1) is 17.2 Å². The summed E-state index contributed by atoms with van der Waals surface area (Å²) in [4.78, 5) is 13.6. The van der Waals surface area contributed by atoms with E-state index in [-0.39, 0.29) is 18.0 Å². The predicted octanol–water partition coefficient (Wildman–Crippen LogP) is 2.74. The molecular formula is C17H22N2O3. The molecule has 0 saturated carbocycles. The third kappa shape index (κ3) is 3.85. The summed E-state index contributed by atoms with van der Waals surface area (Å²) in [5, 5.41) is 9.42.